The molecular weight excluding hydrogens is 340 g/mol. The van der Waals surface area contributed by atoms with Crippen LogP contribution in [0, 0.1) is 13.8 Å². The topological polar surface area (TPSA) is 67.8 Å². The van der Waals surface area contributed by atoms with Crippen molar-refractivity contribution >= 4 is 33.1 Å². The second-order valence-electron chi connectivity index (χ2n) is 4.40. The fraction of sp³-hybridized carbons (Fsp3) is 0.214. The van der Waals surface area contributed by atoms with Crippen LogP contribution in [0.3, 0.4) is 0 Å². The summed E-state index contributed by atoms with van der Waals surface area (Å²) in [5.41, 5.74) is 8.21. The number of amidine groups is 1. The van der Waals surface area contributed by atoms with Gasteiger partial charge in [-0.1, -0.05) is 5.16 Å². The Bertz CT molecular complexity index is 629. The van der Waals surface area contributed by atoms with Crippen molar-refractivity contribution in [3.8, 4) is 5.75 Å². The Morgan fingerprint density at radius 3 is 2.55 bits per heavy atom. The van der Waals surface area contributed by atoms with Crippen LogP contribution in [0.5, 0.6) is 5.75 Å². The van der Waals surface area contributed by atoms with Crippen molar-refractivity contribution in [3.63, 3.8) is 0 Å². The van der Waals surface area contributed by atoms with E-state index in [4.69, 9.17) is 15.7 Å². The Hall–Kier alpha value is -1.53. The highest BCUT2D eigenvalue weighted by molar-refractivity contribution is 9.10. The van der Waals surface area contributed by atoms with E-state index in [1.807, 2.05) is 37.4 Å². The van der Waals surface area contributed by atoms with Crippen LogP contribution in [-0.4, -0.2) is 11.0 Å². The summed E-state index contributed by atoms with van der Waals surface area (Å²) in [5.74, 6) is 0.934. The predicted molar refractivity (Wildman–Crippen MR) is 84.8 cm³/mol. The van der Waals surface area contributed by atoms with Gasteiger partial charge in [0.25, 0.3) is 0 Å². The molecule has 3 N–H and O–H groups in total. The lowest BCUT2D eigenvalue weighted by molar-refractivity contribution is 0.304. The molecule has 106 valence electrons. The second-order valence-corrected chi connectivity index (χ2v) is 6.26. The molecule has 0 unspecified atom stereocenters. The number of nitrogens with two attached hydrogens (primary N) is 1. The van der Waals surface area contributed by atoms with Crippen LogP contribution in [0.15, 0.2) is 33.2 Å². The largest absolute Gasteiger partial charge is 0.487 e. The molecule has 0 bridgehead atoms. The monoisotopic (exact) mass is 354 g/mol. The summed E-state index contributed by atoms with van der Waals surface area (Å²) in [7, 11) is 0. The van der Waals surface area contributed by atoms with E-state index in [0.29, 0.717) is 12.2 Å². The predicted octanol–water partition coefficient (Wildman–Crippen LogP) is 3.80. The van der Waals surface area contributed by atoms with Gasteiger partial charge in [0.15, 0.2) is 5.84 Å². The zero-order chi connectivity index (χ0) is 14.7. The van der Waals surface area contributed by atoms with Gasteiger partial charge in [-0.25, -0.2) is 0 Å². The smallest absolute Gasteiger partial charge is 0.170 e. The fourth-order valence-electron chi connectivity index (χ4n) is 1.95. The van der Waals surface area contributed by atoms with Crippen molar-refractivity contribution in [1.82, 2.24) is 0 Å². The van der Waals surface area contributed by atoms with Crippen LogP contribution in [0.1, 0.15) is 21.6 Å². The van der Waals surface area contributed by atoms with Crippen molar-refractivity contribution in [1.29, 1.82) is 0 Å². The Balaban J connectivity index is 2.23. The molecule has 2 rings (SSSR count). The van der Waals surface area contributed by atoms with E-state index in [-0.39, 0.29) is 5.84 Å². The quantitative estimate of drug-likeness (QED) is 0.379. The van der Waals surface area contributed by atoms with Crippen molar-refractivity contribution in [2.24, 2.45) is 10.9 Å². The van der Waals surface area contributed by atoms with Gasteiger partial charge >= 0.3 is 0 Å². The molecule has 0 radical (unpaired) electrons. The Kier molecular flexibility index (Phi) is 4.67. The van der Waals surface area contributed by atoms with E-state index in [1.165, 1.54) is 0 Å². The van der Waals surface area contributed by atoms with E-state index in [9.17, 15) is 0 Å². The molecule has 0 aliphatic rings. The molecule has 0 saturated carbocycles. The molecule has 0 fully saturated rings. The lowest BCUT2D eigenvalue weighted by atomic mass is 10.1. The molecule has 20 heavy (non-hydrogen) atoms. The van der Waals surface area contributed by atoms with Gasteiger partial charge in [-0.3, -0.25) is 0 Å². The number of benzene rings is 1. The first-order chi connectivity index (χ1) is 9.52. The normalized spacial score (nSPS) is 11.7. The minimum absolute atomic E-state index is 0.101. The van der Waals surface area contributed by atoms with Crippen LogP contribution >= 0.6 is 27.3 Å². The molecule has 1 heterocycles. The van der Waals surface area contributed by atoms with Crippen LogP contribution in [-0.2, 0) is 6.61 Å². The average molecular weight is 355 g/mol. The first-order valence-electron chi connectivity index (χ1n) is 5.96. The third-order valence-electron chi connectivity index (χ3n) is 2.90. The highest BCUT2D eigenvalue weighted by Gasteiger charge is 2.10. The molecule has 0 saturated heterocycles. The van der Waals surface area contributed by atoms with E-state index in [0.717, 1.165) is 26.2 Å². The van der Waals surface area contributed by atoms with Gasteiger partial charge in [0.05, 0.1) is 4.88 Å². The fourth-order valence-corrected chi connectivity index (χ4v) is 3.33. The molecule has 0 spiro atoms. The van der Waals surface area contributed by atoms with Crippen LogP contribution in [0.2, 0.25) is 0 Å². The Morgan fingerprint density at radius 2 is 2.05 bits per heavy atom. The van der Waals surface area contributed by atoms with Crippen molar-refractivity contribution in [3.05, 3.63) is 49.6 Å². The zero-order valence-corrected chi connectivity index (χ0v) is 13.6. The summed E-state index contributed by atoms with van der Waals surface area (Å²) in [4.78, 5) is 1.14. The number of aryl methyl sites for hydroxylation is 2. The van der Waals surface area contributed by atoms with Gasteiger partial charge in [-0.05, 0) is 64.5 Å². The second kappa shape index (κ2) is 6.28. The third-order valence-corrected chi connectivity index (χ3v) is 4.80. The maximum atomic E-state index is 8.73. The van der Waals surface area contributed by atoms with Gasteiger partial charge in [0, 0.05) is 10.0 Å². The molecular formula is C14H15BrN2O2S. The molecule has 0 aliphatic carbocycles. The van der Waals surface area contributed by atoms with Crippen LogP contribution in [0.4, 0.5) is 0 Å². The molecule has 0 amide bonds. The van der Waals surface area contributed by atoms with Gasteiger partial charge < -0.3 is 15.7 Å². The number of hydrogen-bond acceptors (Lipinski definition) is 4. The highest BCUT2D eigenvalue weighted by atomic mass is 79.9. The third kappa shape index (κ3) is 3.13. The number of hydrogen-bond donors (Lipinski definition) is 2. The van der Waals surface area contributed by atoms with Gasteiger partial charge in [0.1, 0.15) is 12.4 Å². The molecule has 1 aromatic carbocycles. The standard InChI is InChI=1S/C14H15BrN2O2S/c1-8-5-10(14(16)17-18)6-9(2)13(8)19-7-12-11(15)3-4-20-12/h3-6,18H,7H2,1-2H3,(H2,16,17). The number of nitrogens with zero attached hydrogens (tertiary/aromatic N) is 1. The summed E-state index contributed by atoms with van der Waals surface area (Å²) >= 11 is 5.14. The first kappa shape index (κ1) is 14.9. The molecule has 6 heteroatoms. The van der Waals surface area contributed by atoms with E-state index >= 15 is 0 Å². The highest BCUT2D eigenvalue weighted by Crippen LogP contribution is 2.28. The number of rotatable bonds is 4. The molecule has 4 nitrogen and oxygen atoms in total. The van der Waals surface area contributed by atoms with Crippen molar-refractivity contribution < 1.29 is 9.94 Å². The minimum atomic E-state index is 0.101. The minimum Gasteiger partial charge on any atom is -0.487 e. The first-order valence-corrected chi connectivity index (χ1v) is 7.64. The maximum absolute atomic E-state index is 8.73. The van der Waals surface area contributed by atoms with Crippen LogP contribution < -0.4 is 10.5 Å². The summed E-state index contributed by atoms with van der Waals surface area (Å²) in [6.07, 6.45) is 0. The zero-order valence-electron chi connectivity index (χ0n) is 11.2. The SMILES string of the molecule is Cc1cc(C(N)=NO)cc(C)c1OCc1sccc1Br. The Labute approximate surface area is 130 Å². The number of oxime groups is 1. The number of ether oxygens (including phenoxy) is 1. The summed E-state index contributed by atoms with van der Waals surface area (Å²) in [5, 5.41) is 13.8. The summed E-state index contributed by atoms with van der Waals surface area (Å²) < 4.78 is 6.96. The Morgan fingerprint density at radius 1 is 1.40 bits per heavy atom. The number of thiophene rings is 1. The van der Waals surface area contributed by atoms with Gasteiger partial charge in [-0.2, -0.15) is 0 Å². The van der Waals surface area contributed by atoms with Gasteiger partial charge in [-0.15, -0.1) is 11.3 Å². The van der Waals surface area contributed by atoms with Crippen LogP contribution in [0.25, 0.3) is 0 Å². The van der Waals surface area contributed by atoms with E-state index < -0.39 is 0 Å². The average Bonchev–Trinajstić information content (AvgIpc) is 2.82. The van der Waals surface area contributed by atoms with E-state index in [1.54, 1.807) is 11.3 Å². The summed E-state index contributed by atoms with van der Waals surface area (Å²) in [6.45, 7) is 4.41. The van der Waals surface area contributed by atoms with E-state index in [2.05, 4.69) is 21.1 Å². The lowest BCUT2D eigenvalue weighted by Crippen LogP contribution is -2.14. The molecule has 2 aromatic rings. The molecule has 0 aliphatic heterocycles. The maximum Gasteiger partial charge on any atom is 0.170 e. The summed E-state index contributed by atoms with van der Waals surface area (Å²) in [6, 6.07) is 5.70. The van der Waals surface area contributed by atoms with Gasteiger partial charge in [0.2, 0.25) is 0 Å². The molecule has 0 atom stereocenters. The lowest BCUT2D eigenvalue weighted by Gasteiger charge is -2.13. The number of halogens is 1. The van der Waals surface area contributed by atoms with Crippen molar-refractivity contribution in [2.75, 3.05) is 0 Å². The molecule has 1 aromatic heterocycles. The van der Waals surface area contributed by atoms with Crippen molar-refractivity contribution in [2.45, 2.75) is 20.5 Å².